The smallest absolute Gasteiger partial charge is 0.255 e. The first-order valence-corrected chi connectivity index (χ1v) is 8.36. The van der Waals surface area contributed by atoms with Crippen LogP contribution in [-0.4, -0.2) is 42.3 Å². The van der Waals surface area contributed by atoms with Gasteiger partial charge in [-0.3, -0.25) is 9.89 Å². The van der Waals surface area contributed by atoms with Crippen LogP contribution in [0, 0.1) is 6.92 Å². The molecule has 1 aromatic heterocycles. The molecule has 0 radical (unpaired) electrons. The number of halogens is 1. The van der Waals surface area contributed by atoms with Gasteiger partial charge in [0.15, 0.2) is 5.82 Å². The Morgan fingerprint density at radius 2 is 2.12 bits per heavy atom. The van der Waals surface area contributed by atoms with E-state index >= 15 is 0 Å². The van der Waals surface area contributed by atoms with Crippen molar-refractivity contribution in [3.63, 3.8) is 0 Å². The monoisotopic (exact) mass is 348 g/mol. The molecule has 1 aromatic carbocycles. The van der Waals surface area contributed by atoms with E-state index in [1.807, 2.05) is 13.0 Å². The SMILES string of the molecule is COc1ccc(Cl)cc1C(=O)NC1CCN(c2cc(C)[nH]n2)CC1. The number of H-pyrrole nitrogens is 1. The molecule has 6 nitrogen and oxygen atoms in total. The van der Waals surface area contributed by atoms with Gasteiger partial charge in [-0.1, -0.05) is 11.6 Å². The molecule has 24 heavy (non-hydrogen) atoms. The van der Waals surface area contributed by atoms with Gasteiger partial charge in [0, 0.05) is 35.9 Å². The first-order chi connectivity index (χ1) is 11.6. The van der Waals surface area contributed by atoms with Crippen LogP contribution in [0.5, 0.6) is 5.75 Å². The van der Waals surface area contributed by atoms with E-state index in [1.165, 1.54) is 0 Å². The average molecular weight is 349 g/mol. The number of amides is 1. The van der Waals surface area contributed by atoms with Crippen molar-refractivity contribution in [1.29, 1.82) is 0 Å². The van der Waals surface area contributed by atoms with Crippen LogP contribution in [0.4, 0.5) is 5.82 Å². The van der Waals surface area contributed by atoms with Crippen LogP contribution in [-0.2, 0) is 0 Å². The number of aromatic nitrogens is 2. The minimum Gasteiger partial charge on any atom is -0.496 e. The summed E-state index contributed by atoms with van der Waals surface area (Å²) < 4.78 is 5.25. The normalized spacial score (nSPS) is 15.4. The molecule has 0 unspecified atom stereocenters. The van der Waals surface area contributed by atoms with Crippen LogP contribution in [0.15, 0.2) is 24.3 Å². The van der Waals surface area contributed by atoms with Crippen molar-refractivity contribution >= 4 is 23.3 Å². The third-order valence-electron chi connectivity index (χ3n) is 4.25. The number of ether oxygens (including phenoxy) is 1. The standard InChI is InChI=1S/C17H21ClN4O2/c1-11-9-16(21-20-11)22-7-5-13(6-8-22)19-17(23)14-10-12(18)3-4-15(14)24-2/h3-4,9-10,13H,5-8H2,1-2H3,(H,19,23)(H,20,21). The minimum atomic E-state index is -0.150. The topological polar surface area (TPSA) is 70.2 Å². The summed E-state index contributed by atoms with van der Waals surface area (Å²) in [5.74, 6) is 1.35. The largest absolute Gasteiger partial charge is 0.496 e. The van der Waals surface area contributed by atoms with E-state index in [4.69, 9.17) is 16.3 Å². The van der Waals surface area contributed by atoms with Gasteiger partial charge in [0.1, 0.15) is 5.75 Å². The third-order valence-corrected chi connectivity index (χ3v) is 4.49. The number of carbonyl (C=O) groups excluding carboxylic acids is 1. The molecule has 7 heteroatoms. The van der Waals surface area contributed by atoms with Crippen molar-refractivity contribution in [2.24, 2.45) is 0 Å². The highest BCUT2D eigenvalue weighted by Gasteiger charge is 2.23. The van der Waals surface area contributed by atoms with E-state index in [9.17, 15) is 4.79 Å². The molecule has 1 aliphatic heterocycles. The van der Waals surface area contributed by atoms with Crippen molar-refractivity contribution in [3.05, 3.63) is 40.5 Å². The second-order valence-corrected chi connectivity index (χ2v) is 6.42. The van der Waals surface area contributed by atoms with Crippen molar-refractivity contribution < 1.29 is 9.53 Å². The van der Waals surface area contributed by atoms with E-state index in [2.05, 4.69) is 20.4 Å². The van der Waals surface area contributed by atoms with Crippen molar-refractivity contribution in [2.75, 3.05) is 25.1 Å². The zero-order valence-corrected chi connectivity index (χ0v) is 14.6. The summed E-state index contributed by atoms with van der Waals surface area (Å²) in [6, 6.07) is 7.23. The molecule has 2 heterocycles. The fourth-order valence-electron chi connectivity index (χ4n) is 2.94. The van der Waals surface area contributed by atoms with Crippen LogP contribution in [0.1, 0.15) is 28.9 Å². The number of aryl methyl sites for hydroxylation is 1. The van der Waals surface area contributed by atoms with E-state index in [1.54, 1.807) is 25.3 Å². The number of nitrogens with zero attached hydrogens (tertiary/aromatic N) is 2. The molecule has 0 atom stereocenters. The lowest BCUT2D eigenvalue weighted by molar-refractivity contribution is 0.0928. The maximum absolute atomic E-state index is 12.5. The Labute approximate surface area is 146 Å². The zero-order chi connectivity index (χ0) is 17.1. The number of benzene rings is 1. The molecule has 3 rings (SSSR count). The predicted octanol–water partition coefficient (Wildman–Crippen LogP) is 2.78. The Balaban J connectivity index is 1.60. The second kappa shape index (κ2) is 7.13. The Hall–Kier alpha value is -2.21. The zero-order valence-electron chi connectivity index (χ0n) is 13.8. The fourth-order valence-corrected chi connectivity index (χ4v) is 3.11. The molecule has 1 aliphatic rings. The van der Waals surface area contributed by atoms with Crippen molar-refractivity contribution in [1.82, 2.24) is 15.5 Å². The fraction of sp³-hybridized carbons (Fsp3) is 0.412. The number of methoxy groups -OCH3 is 1. The highest BCUT2D eigenvalue weighted by atomic mass is 35.5. The summed E-state index contributed by atoms with van der Waals surface area (Å²) in [5, 5.41) is 10.8. The van der Waals surface area contributed by atoms with Gasteiger partial charge in [-0.25, -0.2) is 0 Å². The number of hydrogen-bond acceptors (Lipinski definition) is 4. The van der Waals surface area contributed by atoms with Crippen molar-refractivity contribution in [3.8, 4) is 5.75 Å². The predicted molar refractivity (Wildman–Crippen MR) is 94.0 cm³/mol. The van der Waals surface area contributed by atoms with Gasteiger partial charge in [-0.15, -0.1) is 0 Å². The summed E-state index contributed by atoms with van der Waals surface area (Å²) in [5.41, 5.74) is 1.52. The van der Waals surface area contributed by atoms with E-state index in [0.29, 0.717) is 16.3 Å². The average Bonchev–Trinajstić information content (AvgIpc) is 3.02. The van der Waals surface area contributed by atoms with Crippen LogP contribution in [0.25, 0.3) is 0 Å². The Bertz CT molecular complexity index is 723. The van der Waals surface area contributed by atoms with Crippen LogP contribution in [0.2, 0.25) is 5.02 Å². The summed E-state index contributed by atoms with van der Waals surface area (Å²) in [6.07, 6.45) is 1.75. The highest BCUT2D eigenvalue weighted by molar-refractivity contribution is 6.31. The lowest BCUT2D eigenvalue weighted by Crippen LogP contribution is -2.44. The van der Waals surface area contributed by atoms with Gasteiger partial charge < -0.3 is 15.0 Å². The van der Waals surface area contributed by atoms with E-state index < -0.39 is 0 Å². The number of aromatic amines is 1. The van der Waals surface area contributed by atoms with Gasteiger partial charge in [-0.2, -0.15) is 5.10 Å². The summed E-state index contributed by atoms with van der Waals surface area (Å²) >= 11 is 6.00. The van der Waals surface area contributed by atoms with Gasteiger partial charge in [0.25, 0.3) is 5.91 Å². The summed E-state index contributed by atoms with van der Waals surface area (Å²) in [6.45, 7) is 3.71. The summed E-state index contributed by atoms with van der Waals surface area (Å²) in [7, 11) is 1.55. The van der Waals surface area contributed by atoms with E-state index in [0.717, 1.165) is 37.4 Å². The first-order valence-electron chi connectivity index (χ1n) is 7.98. The molecule has 1 amide bonds. The lowest BCUT2D eigenvalue weighted by Gasteiger charge is -2.32. The molecular weight excluding hydrogens is 328 g/mol. The number of piperidine rings is 1. The van der Waals surface area contributed by atoms with Crippen LogP contribution in [0.3, 0.4) is 0 Å². The Kier molecular flexibility index (Phi) is 4.94. The molecule has 0 spiro atoms. The van der Waals surface area contributed by atoms with Crippen LogP contribution < -0.4 is 15.0 Å². The molecule has 1 saturated heterocycles. The van der Waals surface area contributed by atoms with Gasteiger partial charge in [0.2, 0.25) is 0 Å². The highest BCUT2D eigenvalue weighted by Crippen LogP contribution is 2.24. The van der Waals surface area contributed by atoms with E-state index in [-0.39, 0.29) is 11.9 Å². The maximum Gasteiger partial charge on any atom is 0.255 e. The van der Waals surface area contributed by atoms with Gasteiger partial charge >= 0.3 is 0 Å². The minimum absolute atomic E-state index is 0.137. The Morgan fingerprint density at radius 3 is 2.75 bits per heavy atom. The molecule has 2 aromatic rings. The molecule has 128 valence electrons. The number of rotatable bonds is 4. The van der Waals surface area contributed by atoms with Crippen LogP contribution >= 0.6 is 11.6 Å². The molecule has 0 aliphatic carbocycles. The molecule has 0 bridgehead atoms. The number of carbonyl (C=O) groups is 1. The van der Waals surface area contributed by atoms with Gasteiger partial charge in [-0.05, 0) is 38.0 Å². The number of nitrogens with one attached hydrogen (secondary N) is 2. The number of hydrogen-bond donors (Lipinski definition) is 2. The van der Waals surface area contributed by atoms with Gasteiger partial charge in [0.05, 0.1) is 12.7 Å². The quantitative estimate of drug-likeness (QED) is 0.891. The molecule has 2 N–H and O–H groups in total. The Morgan fingerprint density at radius 1 is 1.38 bits per heavy atom. The maximum atomic E-state index is 12.5. The third kappa shape index (κ3) is 3.64. The summed E-state index contributed by atoms with van der Waals surface area (Å²) in [4.78, 5) is 14.7. The molecule has 1 fully saturated rings. The molecular formula is C17H21ClN4O2. The lowest BCUT2D eigenvalue weighted by atomic mass is 10.0. The second-order valence-electron chi connectivity index (χ2n) is 5.99. The number of anilines is 1. The molecule has 0 saturated carbocycles. The first kappa shape index (κ1) is 16.6. The van der Waals surface area contributed by atoms with Crippen molar-refractivity contribution in [2.45, 2.75) is 25.8 Å².